The standard InChI is InChI=1S/C23H19N5O2/c24-19(23-27-21(28-30-23)16-4-2-1-3-5-16)14-15-6-8-17(9-7-15)29-20-11-13-26-22-18(20)10-12-25-22/h1-13,19H,14,24H2,(H,25,26). The van der Waals surface area contributed by atoms with E-state index in [0.717, 1.165) is 33.7 Å². The fourth-order valence-corrected chi connectivity index (χ4v) is 3.28. The summed E-state index contributed by atoms with van der Waals surface area (Å²) in [6.07, 6.45) is 4.14. The van der Waals surface area contributed by atoms with E-state index in [4.69, 9.17) is 15.0 Å². The number of aromatic amines is 1. The minimum Gasteiger partial charge on any atom is -0.457 e. The molecule has 5 rings (SSSR count). The topological polar surface area (TPSA) is 103 Å². The molecule has 0 amide bonds. The van der Waals surface area contributed by atoms with Crippen molar-refractivity contribution in [3.8, 4) is 22.9 Å². The van der Waals surface area contributed by atoms with Gasteiger partial charge in [-0.05, 0) is 36.2 Å². The van der Waals surface area contributed by atoms with Crippen LogP contribution in [0.3, 0.4) is 0 Å². The van der Waals surface area contributed by atoms with Crippen molar-refractivity contribution in [1.29, 1.82) is 0 Å². The number of pyridine rings is 1. The monoisotopic (exact) mass is 397 g/mol. The highest BCUT2D eigenvalue weighted by atomic mass is 16.5. The fourth-order valence-electron chi connectivity index (χ4n) is 3.28. The molecule has 0 spiro atoms. The molecule has 0 saturated carbocycles. The Morgan fingerprint density at radius 2 is 1.83 bits per heavy atom. The van der Waals surface area contributed by atoms with E-state index in [9.17, 15) is 0 Å². The second-order valence-corrected chi connectivity index (χ2v) is 6.93. The number of hydrogen-bond acceptors (Lipinski definition) is 6. The number of nitrogens with one attached hydrogen (secondary N) is 1. The average Bonchev–Trinajstić information content (AvgIpc) is 3.46. The molecular formula is C23H19N5O2. The molecule has 0 aliphatic heterocycles. The predicted octanol–water partition coefficient (Wildman–Crippen LogP) is 4.65. The zero-order valence-electron chi connectivity index (χ0n) is 16.0. The van der Waals surface area contributed by atoms with Crippen LogP contribution < -0.4 is 10.5 Å². The summed E-state index contributed by atoms with van der Waals surface area (Å²) in [5.41, 5.74) is 9.04. The summed E-state index contributed by atoms with van der Waals surface area (Å²) in [4.78, 5) is 11.8. The van der Waals surface area contributed by atoms with Gasteiger partial charge < -0.3 is 20.0 Å². The van der Waals surface area contributed by atoms with Gasteiger partial charge in [0.1, 0.15) is 17.1 Å². The molecule has 7 heteroatoms. The van der Waals surface area contributed by atoms with Crippen LogP contribution in [0.15, 0.2) is 83.6 Å². The lowest BCUT2D eigenvalue weighted by atomic mass is 10.1. The van der Waals surface area contributed by atoms with Crippen molar-refractivity contribution < 1.29 is 9.26 Å². The molecular weight excluding hydrogens is 378 g/mol. The normalized spacial score (nSPS) is 12.2. The number of fused-ring (bicyclic) bond motifs is 1. The number of nitrogens with zero attached hydrogens (tertiary/aromatic N) is 3. The third-order valence-electron chi connectivity index (χ3n) is 4.82. The second-order valence-electron chi connectivity index (χ2n) is 6.93. The summed E-state index contributed by atoms with van der Waals surface area (Å²) in [5.74, 6) is 2.45. The Kier molecular flexibility index (Phi) is 4.71. The Balaban J connectivity index is 1.27. The molecule has 0 aliphatic carbocycles. The number of nitrogens with two attached hydrogens (primary N) is 1. The Labute approximate surface area is 172 Å². The third kappa shape index (κ3) is 3.66. The molecule has 30 heavy (non-hydrogen) atoms. The van der Waals surface area contributed by atoms with Crippen molar-refractivity contribution in [2.24, 2.45) is 5.73 Å². The quantitative estimate of drug-likeness (QED) is 0.432. The van der Waals surface area contributed by atoms with Crippen LogP contribution in [0.5, 0.6) is 11.5 Å². The van der Waals surface area contributed by atoms with Crippen LogP contribution >= 0.6 is 0 Å². The summed E-state index contributed by atoms with van der Waals surface area (Å²) < 4.78 is 11.4. The lowest BCUT2D eigenvalue weighted by molar-refractivity contribution is 0.354. The summed E-state index contributed by atoms with van der Waals surface area (Å²) in [7, 11) is 0. The zero-order chi connectivity index (χ0) is 20.3. The molecule has 1 atom stereocenters. The van der Waals surface area contributed by atoms with Crippen LogP contribution in [0.4, 0.5) is 0 Å². The molecule has 2 aromatic carbocycles. The van der Waals surface area contributed by atoms with Gasteiger partial charge in [-0.3, -0.25) is 0 Å². The first-order chi connectivity index (χ1) is 14.8. The van der Waals surface area contributed by atoms with E-state index in [2.05, 4.69) is 20.1 Å². The first kappa shape index (κ1) is 18.1. The van der Waals surface area contributed by atoms with Crippen LogP contribution in [0, 0.1) is 0 Å². The maximum atomic E-state index is 6.29. The van der Waals surface area contributed by atoms with Gasteiger partial charge in [0.05, 0.1) is 11.4 Å². The van der Waals surface area contributed by atoms with Gasteiger partial charge in [-0.25, -0.2) is 4.98 Å². The molecule has 0 saturated heterocycles. The fraction of sp³-hybridized carbons (Fsp3) is 0.0870. The molecule has 3 aromatic heterocycles. The van der Waals surface area contributed by atoms with Crippen LogP contribution in [-0.4, -0.2) is 20.1 Å². The van der Waals surface area contributed by atoms with Gasteiger partial charge in [-0.1, -0.05) is 47.6 Å². The number of aromatic nitrogens is 4. The molecule has 3 heterocycles. The average molecular weight is 397 g/mol. The van der Waals surface area contributed by atoms with Gasteiger partial charge in [-0.15, -0.1) is 0 Å². The van der Waals surface area contributed by atoms with Crippen LogP contribution in [0.2, 0.25) is 0 Å². The Morgan fingerprint density at radius 1 is 1.00 bits per heavy atom. The van der Waals surface area contributed by atoms with Crippen molar-refractivity contribution in [3.05, 3.63) is 90.6 Å². The van der Waals surface area contributed by atoms with Gasteiger partial charge in [0.15, 0.2) is 0 Å². The van der Waals surface area contributed by atoms with E-state index < -0.39 is 0 Å². The van der Waals surface area contributed by atoms with E-state index in [1.807, 2.05) is 72.9 Å². The minimum atomic E-state index is -0.388. The molecule has 7 nitrogen and oxygen atoms in total. The molecule has 0 radical (unpaired) electrons. The maximum absolute atomic E-state index is 6.29. The van der Waals surface area contributed by atoms with Crippen molar-refractivity contribution in [2.45, 2.75) is 12.5 Å². The van der Waals surface area contributed by atoms with Gasteiger partial charge in [0.2, 0.25) is 11.7 Å². The van der Waals surface area contributed by atoms with Crippen LogP contribution in [0.25, 0.3) is 22.4 Å². The smallest absolute Gasteiger partial charge is 0.244 e. The molecule has 148 valence electrons. The van der Waals surface area contributed by atoms with Crippen LogP contribution in [-0.2, 0) is 6.42 Å². The molecule has 1 unspecified atom stereocenters. The maximum Gasteiger partial charge on any atom is 0.244 e. The Morgan fingerprint density at radius 3 is 2.67 bits per heavy atom. The summed E-state index contributed by atoms with van der Waals surface area (Å²) >= 11 is 0. The van der Waals surface area contributed by atoms with E-state index in [1.165, 1.54) is 0 Å². The SMILES string of the molecule is NC(Cc1ccc(Oc2ccnc3[nH]ccc23)cc1)c1nc(-c2ccccc2)no1. The van der Waals surface area contributed by atoms with Gasteiger partial charge in [0, 0.05) is 18.0 Å². The highest BCUT2D eigenvalue weighted by Gasteiger charge is 2.16. The number of ether oxygens (including phenoxy) is 1. The van der Waals surface area contributed by atoms with Crippen molar-refractivity contribution in [3.63, 3.8) is 0 Å². The third-order valence-corrected chi connectivity index (χ3v) is 4.82. The van der Waals surface area contributed by atoms with E-state index in [1.54, 1.807) is 6.20 Å². The molecule has 0 fully saturated rings. The largest absolute Gasteiger partial charge is 0.457 e. The zero-order valence-corrected chi connectivity index (χ0v) is 16.0. The van der Waals surface area contributed by atoms with Crippen molar-refractivity contribution in [1.82, 2.24) is 20.1 Å². The van der Waals surface area contributed by atoms with Crippen molar-refractivity contribution in [2.75, 3.05) is 0 Å². The van der Waals surface area contributed by atoms with Crippen LogP contribution in [0.1, 0.15) is 17.5 Å². The molecule has 0 aliphatic rings. The minimum absolute atomic E-state index is 0.388. The molecule has 3 N–H and O–H groups in total. The summed E-state index contributed by atoms with van der Waals surface area (Å²) in [6.45, 7) is 0. The Hall–Kier alpha value is -3.97. The van der Waals surface area contributed by atoms with E-state index in [-0.39, 0.29) is 6.04 Å². The highest BCUT2D eigenvalue weighted by molar-refractivity contribution is 5.82. The number of hydrogen-bond donors (Lipinski definition) is 2. The lowest BCUT2D eigenvalue weighted by Crippen LogP contribution is -2.13. The predicted molar refractivity (Wildman–Crippen MR) is 113 cm³/mol. The first-order valence-corrected chi connectivity index (χ1v) is 9.60. The van der Waals surface area contributed by atoms with E-state index in [0.29, 0.717) is 18.1 Å². The number of rotatable bonds is 6. The van der Waals surface area contributed by atoms with Crippen molar-refractivity contribution >= 4 is 11.0 Å². The summed E-state index contributed by atoms with van der Waals surface area (Å²) in [6, 6.07) is 20.9. The van der Waals surface area contributed by atoms with E-state index >= 15 is 0 Å². The number of H-pyrrole nitrogens is 1. The summed E-state index contributed by atoms with van der Waals surface area (Å²) in [5, 5.41) is 4.98. The Bertz CT molecular complexity index is 1260. The van der Waals surface area contributed by atoms with Gasteiger partial charge >= 0.3 is 0 Å². The van der Waals surface area contributed by atoms with Gasteiger partial charge in [0.25, 0.3) is 0 Å². The molecule has 5 aromatic rings. The molecule has 0 bridgehead atoms. The highest BCUT2D eigenvalue weighted by Crippen LogP contribution is 2.29. The lowest BCUT2D eigenvalue weighted by Gasteiger charge is -2.09. The number of benzene rings is 2. The second kappa shape index (κ2) is 7.81. The van der Waals surface area contributed by atoms with Gasteiger partial charge in [-0.2, -0.15) is 4.98 Å². The first-order valence-electron chi connectivity index (χ1n) is 9.60.